The Balaban J connectivity index is 2.42. The van der Waals surface area contributed by atoms with Gasteiger partial charge in [-0.1, -0.05) is 26.0 Å². The summed E-state index contributed by atoms with van der Waals surface area (Å²) in [6.45, 7) is 10.5. The fourth-order valence-electron chi connectivity index (χ4n) is 2.36. The minimum absolute atomic E-state index is 0.128. The van der Waals surface area contributed by atoms with Gasteiger partial charge in [0.25, 0.3) is 0 Å². The van der Waals surface area contributed by atoms with Gasteiger partial charge in [0.2, 0.25) is 0 Å². The normalized spacial score (nSPS) is 14.3. The van der Waals surface area contributed by atoms with E-state index in [0.717, 1.165) is 39.0 Å². The van der Waals surface area contributed by atoms with Crippen molar-refractivity contribution in [1.29, 1.82) is 0 Å². The second-order valence-corrected chi connectivity index (χ2v) is 5.84. The maximum Gasteiger partial charge on any atom is 0.115 e. The Kier molecular flexibility index (Phi) is 7.72. The van der Waals surface area contributed by atoms with Crippen LogP contribution in [-0.4, -0.2) is 53.4 Å². The van der Waals surface area contributed by atoms with Gasteiger partial charge in [0.05, 0.1) is 6.61 Å². The van der Waals surface area contributed by atoms with Crippen molar-refractivity contribution in [3.05, 3.63) is 29.8 Å². The van der Waals surface area contributed by atoms with E-state index in [4.69, 9.17) is 0 Å². The van der Waals surface area contributed by atoms with Crippen molar-refractivity contribution in [2.24, 2.45) is 0 Å². The third kappa shape index (κ3) is 6.46. The molecule has 3 N–H and O–H groups in total. The van der Waals surface area contributed by atoms with Crippen molar-refractivity contribution < 1.29 is 10.2 Å². The maximum absolute atomic E-state index is 9.67. The van der Waals surface area contributed by atoms with E-state index in [1.807, 2.05) is 12.1 Å². The topological polar surface area (TPSA) is 55.7 Å². The van der Waals surface area contributed by atoms with Crippen molar-refractivity contribution in [2.75, 3.05) is 32.8 Å². The molecule has 21 heavy (non-hydrogen) atoms. The van der Waals surface area contributed by atoms with E-state index in [2.05, 4.69) is 31.0 Å². The number of phenols is 1. The fourth-order valence-corrected chi connectivity index (χ4v) is 2.36. The summed E-state index contributed by atoms with van der Waals surface area (Å²) in [5.41, 5.74) is 0.920. The Morgan fingerprint density at radius 2 is 1.76 bits per heavy atom. The molecule has 0 spiro atoms. The first kappa shape index (κ1) is 18.0. The molecule has 0 heterocycles. The summed E-state index contributed by atoms with van der Waals surface area (Å²) < 4.78 is 0. The Bertz CT molecular complexity index is 390. The van der Waals surface area contributed by atoms with Crippen molar-refractivity contribution in [3.8, 4) is 5.75 Å². The molecular formula is C17H30N2O2. The number of aryl methyl sites for hydroxylation is 1. The number of benzene rings is 1. The number of hydrogen-bond donors (Lipinski definition) is 3. The number of rotatable bonds is 10. The second-order valence-electron chi connectivity index (χ2n) is 5.84. The highest BCUT2D eigenvalue weighted by Gasteiger charge is 2.22. The van der Waals surface area contributed by atoms with Gasteiger partial charge in [0, 0.05) is 18.6 Å². The lowest BCUT2D eigenvalue weighted by atomic mass is 9.94. The van der Waals surface area contributed by atoms with E-state index in [1.54, 1.807) is 12.1 Å². The summed E-state index contributed by atoms with van der Waals surface area (Å²) in [4.78, 5) is 2.37. The van der Waals surface area contributed by atoms with Gasteiger partial charge < -0.3 is 20.4 Å². The number of aliphatic hydroxyl groups is 1. The summed E-state index contributed by atoms with van der Waals surface area (Å²) in [7, 11) is 0. The third-order valence-corrected chi connectivity index (χ3v) is 4.13. The van der Waals surface area contributed by atoms with Crippen molar-refractivity contribution in [3.63, 3.8) is 0 Å². The largest absolute Gasteiger partial charge is 0.508 e. The predicted molar refractivity (Wildman–Crippen MR) is 87.7 cm³/mol. The van der Waals surface area contributed by atoms with Crippen molar-refractivity contribution in [2.45, 2.75) is 39.2 Å². The molecule has 0 aromatic heterocycles. The van der Waals surface area contributed by atoms with Gasteiger partial charge in [-0.3, -0.25) is 0 Å². The van der Waals surface area contributed by atoms with Crippen LogP contribution in [0.3, 0.4) is 0 Å². The minimum Gasteiger partial charge on any atom is -0.508 e. The van der Waals surface area contributed by atoms with Gasteiger partial charge in [-0.25, -0.2) is 0 Å². The maximum atomic E-state index is 9.67. The van der Waals surface area contributed by atoms with Crippen molar-refractivity contribution >= 4 is 0 Å². The fraction of sp³-hybridized carbons (Fsp3) is 0.647. The van der Waals surface area contributed by atoms with Gasteiger partial charge in [0.1, 0.15) is 5.75 Å². The van der Waals surface area contributed by atoms with E-state index >= 15 is 0 Å². The molecule has 0 radical (unpaired) electrons. The molecule has 4 heteroatoms. The highest BCUT2D eigenvalue weighted by molar-refractivity contribution is 5.26. The van der Waals surface area contributed by atoms with Gasteiger partial charge in [-0.2, -0.15) is 0 Å². The first-order valence-electron chi connectivity index (χ1n) is 7.89. The van der Waals surface area contributed by atoms with Gasteiger partial charge >= 0.3 is 0 Å². The lowest BCUT2D eigenvalue weighted by Gasteiger charge is -2.30. The summed E-state index contributed by atoms with van der Waals surface area (Å²) in [5.74, 6) is 0.293. The van der Waals surface area contributed by atoms with Gasteiger partial charge in [-0.05, 0) is 50.6 Å². The predicted octanol–water partition coefficient (Wildman–Crippen LogP) is 2.01. The van der Waals surface area contributed by atoms with Crippen LogP contribution in [0, 0.1) is 0 Å². The average molecular weight is 294 g/mol. The molecule has 0 saturated heterocycles. The van der Waals surface area contributed by atoms with Crippen LogP contribution in [0.5, 0.6) is 5.75 Å². The molecule has 0 aliphatic rings. The molecule has 0 amide bonds. The van der Waals surface area contributed by atoms with Crippen LogP contribution in [0.15, 0.2) is 24.3 Å². The first-order valence-corrected chi connectivity index (χ1v) is 7.89. The molecule has 1 rings (SSSR count). The number of nitrogens with one attached hydrogen (secondary N) is 1. The molecular weight excluding hydrogens is 264 g/mol. The number of phenolic OH excluding ortho intramolecular Hbond substituents is 1. The van der Waals surface area contributed by atoms with E-state index in [0.29, 0.717) is 5.75 Å². The molecule has 1 aromatic rings. The molecule has 0 bridgehead atoms. The highest BCUT2D eigenvalue weighted by atomic mass is 16.3. The number of aliphatic hydroxyl groups excluding tert-OH is 1. The molecule has 4 nitrogen and oxygen atoms in total. The lowest BCUT2D eigenvalue weighted by molar-refractivity contribution is 0.160. The standard InChI is InChI=1S/C17H30N2O2/c1-4-19(5-2)13-12-18-17(3,14-20)11-10-15-6-8-16(21)9-7-15/h6-9,18,20-21H,4-5,10-14H2,1-3H3. The highest BCUT2D eigenvalue weighted by Crippen LogP contribution is 2.16. The van der Waals surface area contributed by atoms with Gasteiger partial charge in [0.15, 0.2) is 0 Å². The molecule has 120 valence electrons. The number of nitrogens with zero attached hydrogens (tertiary/aromatic N) is 1. The average Bonchev–Trinajstić information content (AvgIpc) is 2.51. The van der Waals surface area contributed by atoms with Crippen molar-refractivity contribution in [1.82, 2.24) is 10.2 Å². The molecule has 0 fully saturated rings. The Morgan fingerprint density at radius 1 is 1.14 bits per heavy atom. The van der Waals surface area contributed by atoms with Crippen LogP contribution in [0.25, 0.3) is 0 Å². The van der Waals surface area contributed by atoms with E-state index in [-0.39, 0.29) is 12.1 Å². The Labute approximate surface area is 128 Å². The summed E-state index contributed by atoms with van der Waals surface area (Å²) in [5, 5.41) is 22.4. The van der Waals surface area contributed by atoms with E-state index in [9.17, 15) is 10.2 Å². The zero-order valence-electron chi connectivity index (χ0n) is 13.6. The van der Waals surface area contributed by atoms with Crippen LogP contribution < -0.4 is 5.32 Å². The van der Waals surface area contributed by atoms with E-state index < -0.39 is 0 Å². The lowest BCUT2D eigenvalue weighted by Crippen LogP contribution is -2.48. The molecule has 1 unspecified atom stereocenters. The summed E-state index contributed by atoms with van der Waals surface area (Å²) in [6.07, 6.45) is 1.75. The molecule has 0 saturated carbocycles. The molecule has 1 aromatic carbocycles. The SMILES string of the molecule is CCN(CC)CCNC(C)(CO)CCc1ccc(O)cc1. The quantitative estimate of drug-likeness (QED) is 0.618. The Hall–Kier alpha value is -1.10. The van der Waals surface area contributed by atoms with Crippen LogP contribution in [0.2, 0.25) is 0 Å². The second kappa shape index (κ2) is 9.03. The Morgan fingerprint density at radius 3 is 2.29 bits per heavy atom. The zero-order valence-corrected chi connectivity index (χ0v) is 13.6. The summed E-state index contributed by atoms with van der Waals surface area (Å²) >= 11 is 0. The molecule has 1 atom stereocenters. The molecule has 0 aliphatic carbocycles. The van der Waals surface area contributed by atoms with Gasteiger partial charge in [-0.15, -0.1) is 0 Å². The van der Waals surface area contributed by atoms with Crippen LogP contribution in [-0.2, 0) is 6.42 Å². The number of hydrogen-bond acceptors (Lipinski definition) is 4. The summed E-state index contributed by atoms with van der Waals surface area (Å²) in [6, 6.07) is 7.28. The minimum atomic E-state index is -0.259. The first-order chi connectivity index (χ1) is 10.0. The van der Waals surface area contributed by atoms with Crippen LogP contribution in [0.1, 0.15) is 32.8 Å². The van der Waals surface area contributed by atoms with Crippen LogP contribution >= 0.6 is 0 Å². The smallest absolute Gasteiger partial charge is 0.115 e. The molecule has 0 aliphatic heterocycles. The van der Waals surface area contributed by atoms with E-state index in [1.165, 1.54) is 5.56 Å². The number of aromatic hydroxyl groups is 1. The number of likely N-dealkylation sites (N-methyl/N-ethyl adjacent to an activating group) is 1. The zero-order chi connectivity index (χ0) is 15.7. The third-order valence-electron chi connectivity index (χ3n) is 4.13. The van der Waals surface area contributed by atoms with Crippen LogP contribution in [0.4, 0.5) is 0 Å². The monoisotopic (exact) mass is 294 g/mol.